The van der Waals surface area contributed by atoms with E-state index in [1.165, 1.54) is 7.11 Å². The molecule has 0 aliphatic rings. The number of fused-ring (bicyclic) bond motifs is 2. The van der Waals surface area contributed by atoms with Gasteiger partial charge in [0.1, 0.15) is 22.6 Å². The molecule has 0 amide bonds. The summed E-state index contributed by atoms with van der Waals surface area (Å²) in [6, 6.07) is 15.1. The van der Waals surface area contributed by atoms with Crippen LogP contribution in [0, 0.1) is 0 Å². The Bertz CT molecular complexity index is 1170. The van der Waals surface area contributed by atoms with E-state index in [2.05, 4.69) is 4.98 Å². The lowest BCUT2D eigenvalue weighted by Crippen LogP contribution is -2.09. The molecule has 2 N–H and O–H groups in total. The summed E-state index contributed by atoms with van der Waals surface area (Å²) < 4.78 is 12.1. The molecule has 0 atom stereocenters. The van der Waals surface area contributed by atoms with Crippen LogP contribution in [0.2, 0.25) is 0 Å². The first kappa shape index (κ1) is 16.8. The molecule has 2 aromatic carbocycles. The predicted octanol–water partition coefficient (Wildman–Crippen LogP) is 3.01. The molecule has 0 radical (unpaired) electrons. The van der Waals surface area contributed by atoms with Crippen molar-refractivity contribution in [2.45, 2.75) is 6.54 Å². The summed E-state index contributed by atoms with van der Waals surface area (Å²) in [5.41, 5.74) is 9.83. The van der Waals surface area contributed by atoms with Gasteiger partial charge in [0, 0.05) is 5.56 Å². The van der Waals surface area contributed by atoms with Gasteiger partial charge in [0.05, 0.1) is 31.8 Å². The van der Waals surface area contributed by atoms with Gasteiger partial charge in [-0.3, -0.25) is 0 Å². The summed E-state index contributed by atoms with van der Waals surface area (Å²) in [6.07, 6.45) is 0. The third-order valence-corrected chi connectivity index (χ3v) is 4.50. The number of nitrogens with two attached hydrogens (primary N) is 1. The van der Waals surface area contributed by atoms with Gasteiger partial charge in [-0.05, 0) is 18.2 Å². The van der Waals surface area contributed by atoms with Crippen LogP contribution in [-0.4, -0.2) is 34.7 Å². The number of ether oxygens (including phenoxy) is 2. The average Bonchev–Trinajstić information content (AvgIpc) is 2.97. The molecule has 136 valence electrons. The lowest BCUT2D eigenvalue weighted by atomic mass is 10.2. The van der Waals surface area contributed by atoms with Crippen LogP contribution in [0.25, 0.3) is 22.2 Å². The molecule has 0 spiro atoms. The van der Waals surface area contributed by atoms with E-state index in [0.717, 1.165) is 16.8 Å². The van der Waals surface area contributed by atoms with Crippen molar-refractivity contribution in [3.63, 3.8) is 0 Å². The average molecular weight is 362 g/mol. The van der Waals surface area contributed by atoms with E-state index < -0.39 is 5.97 Å². The number of carbonyl (C=O) groups excluding carboxylic acids is 1. The standard InChI is InChI=1S/C20H18N4O3/c1-26-15-10-6-3-7-12(15)11-24-18(21)16(20(25)27-2)17-19(24)23-14-9-5-4-8-13(14)22-17/h3-10H,11,21H2,1-2H3. The van der Waals surface area contributed by atoms with Crippen molar-refractivity contribution in [2.75, 3.05) is 20.0 Å². The Labute approximate surface area is 155 Å². The van der Waals surface area contributed by atoms with Gasteiger partial charge >= 0.3 is 5.97 Å². The maximum absolute atomic E-state index is 12.4. The summed E-state index contributed by atoms with van der Waals surface area (Å²) in [6.45, 7) is 0.385. The van der Waals surface area contributed by atoms with Gasteiger partial charge in [-0.25, -0.2) is 14.8 Å². The minimum Gasteiger partial charge on any atom is -0.496 e. The topological polar surface area (TPSA) is 92.3 Å². The monoisotopic (exact) mass is 362 g/mol. The highest BCUT2D eigenvalue weighted by atomic mass is 16.5. The lowest BCUT2D eigenvalue weighted by Gasteiger charge is -2.11. The van der Waals surface area contributed by atoms with Gasteiger partial charge in [-0.2, -0.15) is 0 Å². The number of hydrogen-bond donors (Lipinski definition) is 1. The molecule has 7 nitrogen and oxygen atoms in total. The summed E-state index contributed by atoms with van der Waals surface area (Å²) in [7, 11) is 2.93. The molecule has 0 fully saturated rings. The number of benzene rings is 2. The summed E-state index contributed by atoms with van der Waals surface area (Å²) in [5, 5.41) is 0. The zero-order chi connectivity index (χ0) is 19.0. The number of esters is 1. The number of para-hydroxylation sites is 3. The number of aromatic nitrogens is 3. The van der Waals surface area contributed by atoms with Crippen molar-refractivity contribution in [3.8, 4) is 5.75 Å². The van der Waals surface area contributed by atoms with Crippen LogP contribution < -0.4 is 10.5 Å². The second kappa shape index (κ2) is 6.60. The maximum Gasteiger partial charge on any atom is 0.343 e. The van der Waals surface area contributed by atoms with Crippen LogP contribution in [-0.2, 0) is 11.3 Å². The van der Waals surface area contributed by atoms with E-state index in [1.54, 1.807) is 11.7 Å². The maximum atomic E-state index is 12.4. The highest BCUT2D eigenvalue weighted by molar-refractivity contribution is 6.08. The molecule has 2 heterocycles. The number of carbonyl (C=O) groups is 1. The molecule has 4 rings (SSSR count). The number of anilines is 1. The first-order valence-corrected chi connectivity index (χ1v) is 8.38. The number of nitrogen functional groups attached to an aromatic ring is 1. The number of methoxy groups -OCH3 is 2. The Morgan fingerprint density at radius 3 is 2.41 bits per heavy atom. The van der Waals surface area contributed by atoms with E-state index in [4.69, 9.17) is 20.2 Å². The molecule has 0 saturated carbocycles. The molecule has 2 aromatic heterocycles. The third-order valence-electron chi connectivity index (χ3n) is 4.50. The van der Waals surface area contributed by atoms with Gasteiger partial charge in [-0.15, -0.1) is 0 Å². The van der Waals surface area contributed by atoms with Crippen LogP contribution in [0.15, 0.2) is 48.5 Å². The second-order valence-corrected chi connectivity index (χ2v) is 6.03. The van der Waals surface area contributed by atoms with Crippen LogP contribution in [0.5, 0.6) is 5.75 Å². The Kier molecular flexibility index (Phi) is 4.12. The molecule has 27 heavy (non-hydrogen) atoms. The molecule has 0 unspecified atom stereocenters. The summed E-state index contributed by atoms with van der Waals surface area (Å²) in [5.74, 6) is 0.450. The molecule has 0 bridgehead atoms. The zero-order valence-corrected chi connectivity index (χ0v) is 15.0. The third kappa shape index (κ3) is 2.73. The van der Waals surface area contributed by atoms with Crippen molar-refractivity contribution >= 4 is 34.0 Å². The van der Waals surface area contributed by atoms with Crippen LogP contribution >= 0.6 is 0 Å². The van der Waals surface area contributed by atoms with Gasteiger partial charge in [-0.1, -0.05) is 30.3 Å². The Balaban J connectivity index is 2.00. The van der Waals surface area contributed by atoms with E-state index in [1.807, 2.05) is 48.5 Å². The SMILES string of the molecule is COC(=O)c1c(N)n(Cc2ccccc2OC)c2nc3ccccc3nc12. The van der Waals surface area contributed by atoms with E-state index in [0.29, 0.717) is 23.2 Å². The fourth-order valence-electron chi connectivity index (χ4n) is 3.18. The highest BCUT2D eigenvalue weighted by Gasteiger charge is 2.25. The van der Waals surface area contributed by atoms with E-state index in [-0.39, 0.29) is 11.4 Å². The van der Waals surface area contributed by atoms with Crippen LogP contribution in [0.1, 0.15) is 15.9 Å². The lowest BCUT2D eigenvalue weighted by molar-refractivity contribution is 0.0604. The quantitative estimate of drug-likeness (QED) is 0.561. The molecule has 0 aliphatic carbocycles. The number of nitrogens with zero attached hydrogens (tertiary/aromatic N) is 3. The zero-order valence-electron chi connectivity index (χ0n) is 15.0. The molecule has 4 aromatic rings. The molecular weight excluding hydrogens is 344 g/mol. The van der Waals surface area contributed by atoms with Gasteiger partial charge in [0.25, 0.3) is 0 Å². The summed E-state index contributed by atoms with van der Waals surface area (Å²) >= 11 is 0. The van der Waals surface area contributed by atoms with Crippen molar-refractivity contribution in [3.05, 3.63) is 59.7 Å². The molecule has 0 saturated heterocycles. The normalized spacial score (nSPS) is 11.0. The van der Waals surface area contributed by atoms with Gasteiger partial charge in [0.15, 0.2) is 5.65 Å². The fraction of sp³-hybridized carbons (Fsp3) is 0.150. The van der Waals surface area contributed by atoms with Crippen molar-refractivity contribution < 1.29 is 14.3 Å². The second-order valence-electron chi connectivity index (χ2n) is 6.03. The molecule has 7 heteroatoms. The number of hydrogen-bond acceptors (Lipinski definition) is 6. The van der Waals surface area contributed by atoms with Gasteiger partial charge in [0.2, 0.25) is 0 Å². The van der Waals surface area contributed by atoms with E-state index >= 15 is 0 Å². The number of rotatable bonds is 4. The Morgan fingerprint density at radius 1 is 1.04 bits per heavy atom. The van der Waals surface area contributed by atoms with Crippen LogP contribution in [0.4, 0.5) is 5.82 Å². The molecule has 0 aliphatic heterocycles. The largest absolute Gasteiger partial charge is 0.496 e. The highest BCUT2D eigenvalue weighted by Crippen LogP contribution is 2.30. The predicted molar refractivity (Wildman–Crippen MR) is 103 cm³/mol. The van der Waals surface area contributed by atoms with Crippen molar-refractivity contribution in [1.82, 2.24) is 14.5 Å². The fourth-order valence-corrected chi connectivity index (χ4v) is 3.18. The summed E-state index contributed by atoms with van der Waals surface area (Å²) in [4.78, 5) is 21.7. The molecular formula is C20H18N4O3. The Morgan fingerprint density at radius 2 is 1.70 bits per heavy atom. The van der Waals surface area contributed by atoms with Crippen molar-refractivity contribution in [2.24, 2.45) is 0 Å². The first-order valence-electron chi connectivity index (χ1n) is 8.38. The van der Waals surface area contributed by atoms with Crippen molar-refractivity contribution in [1.29, 1.82) is 0 Å². The van der Waals surface area contributed by atoms with Gasteiger partial charge < -0.3 is 19.8 Å². The smallest absolute Gasteiger partial charge is 0.343 e. The first-order chi connectivity index (χ1) is 13.1. The Hall–Kier alpha value is -3.61. The minimum atomic E-state index is -0.541. The van der Waals surface area contributed by atoms with E-state index in [9.17, 15) is 4.79 Å². The minimum absolute atomic E-state index is 0.223. The van der Waals surface area contributed by atoms with Crippen LogP contribution in [0.3, 0.4) is 0 Å².